The van der Waals surface area contributed by atoms with E-state index in [9.17, 15) is 18.0 Å². The molecular weight excluding hydrogens is 508 g/mol. The van der Waals surface area contributed by atoms with Crippen molar-refractivity contribution in [2.45, 2.75) is 44.4 Å². The molecule has 1 fully saturated rings. The van der Waals surface area contributed by atoms with Gasteiger partial charge in [-0.3, -0.25) is 9.59 Å². The minimum Gasteiger partial charge on any atom is -0.312 e. The normalized spacial score (nSPS) is 18.8. The molecule has 0 bridgehead atoms. The van der Waals surface area contributed by atoms with Crippen LogP contribution in [-0.2, 0) is 26.0 Å². The number of anilines is 2. The summed E-state index contributed by atoms with van der Waals surface area (Å²) in [4.78, 5) is 31.2. The van der Waals surface area contributed by atoms with Gasteiger partial charge in [0.1, 0.15) is 5.82 Å². The number of piperidine rings is 1. The fourth-order valence-electron chi connectivity index (χ4n) is 4.39. The van der Waals surface area contributed by atoms with Crippen LogP contribution < -0.4 is 10.2 Å². The predicted molar refractivity (Wildman–Crippen MR) is 130 cm³/mol. The van der Waals surface area contributed by atoms with Gasteiger partial charge in [0.2, 0.25) is 21.8 Å². The number of nitrogens with one attached hydrogen (secondary N) is 1. The number of pyridine rings is 1. The SMILES string of the molecule is CCC(=O)N1CCc2cc(Br)c(S(=O)(=O)N3CCCC(C(=O)Nc4cccc(C)n4)C3)cc21. The number of hydrogen-bond donors (Lipinski definition) is 1. The van der Waals surface area contributed by atoms with Crippen molar-refractivity contribution in [3.05, 3.63) is 46.1 Å². The van der Waals surface area contributed by atoms with E-state index >= 15 is 0 Å². The van der Waals surface area contributed by atoms with E-state index in [1.807, 2.05) is 19.1 Å². The Morgan fingerprint density at radius 3 is 2.76 bits per heavy atom. The highest BCUT2D eigenvalue weighted by Gasteiger charge is 2.36. The van der Waals surface area contributed by atoms with Crippen LogP contribution in [-0.4, -0.2) is 49.2 Å². The quantitative estimate of drug-likeness (QED) is 0.632. The average molecular weight is 535 g/mol. The third kappa shape index (κ3) is 4.83. The van der Waals surface area contributed by atoms with Gasteiger partial charge in [0.05, 0.1) is 10.8 Å². The van der Waals surface area contributed by atoms with E-state index in [4.69, 9.17) is 0 Å². The van der Waals surface area contributed by atoms with Gasteiger partial charge in [0, 0.05) is 41.9 Å². The third-order valence-corrected chi connectivity index (χ3v) is 8.97. The number of fused-ring (bicyclic) bond motifs is 1. The minimum absolute atomic E-state index is 0.0288. The topological polar surface area (TPSA) is 99.7 Å². The number of halogens is 1. The Morgan fingerprint density at radius 2 is 2.03 bits per heavy atom. The lowest BCUT2D eigenvalue weighted by molar-refractivity contribution is -0.121. The first-order valence-electron chi connectivity index (χ1n) is 11.1. The Hall–Kier alpha value is -2.30. The van der Waals surface area contributed by atoms with Gasteiger partial charge in [-0.2, -0.15) is 4.31 Å². The number of carbonyl (C=O) groups excluding carboxylic acids is 2. The largest absolute Gasteiger partial charge is 0.312 e. The fraction of sp³-hybridized carbons (Fsp3) is 0.435. The molecule has 4 rings (SSSR count). The molecule has 0 spiro atoms. The summed E-state index contributed by atoms with van der Waals surface area (Å²) in [6, 6.07) is 8.76. The van der Waals surface area contributed by atoms with E-state index in [-0.39, 0.29) is 23.3 Å². The Balaban J connectivity index is 1.56. The van der Waals surface area contributed by atoms with Crippen molar-refractivity contribution in [3.63, 3.8) is 0 Å². The van der Waals surface area contributed by atoms with E-state index < -0.39 is 15.9 Å². The van der Waals surface area contributed by atoms with Crippen LogP contribution in [0.5, 0.6) is 0 Å². The summed E-state index contributed by atoms with van der Waals surface area (Å²) >= 11 is 3.42. The molecule has 0 aliphatic carbocycles. The predicted octanol–water partition coefficient (Wildman–Crippen LogP) is 3.49. The summed E-state index contributed by atoms with van der Waals surface area (Å²) < 4.78 is 29.0. The van der Waals surface area contributed by atoms with Crippen LogP contribution in [0.2, 0.25) is 0 Å². The third-order valence-electron chi connectivity index (χ3n) is 6.14. The first kappa shape index (κ1) is 23.8. The molecule has 10 heteroatoms. The number of aromatic nitrogens is 1. The van der Waals surface area contributed by atoms with Crippen LogP contribution in [0.4, 0.5) is 11.5 Å². The monoisotopic (exact) mass is 534 g/mol. The van der Waals surface area contributed by atoms with Gasteiger partial charge in [0.25, 0.3) is 0 Å². The molecule has 2 aliphatic heterocycles. The Kier molecular flexibility index (Phi) is 6.88. The first-order valence-corrected chi connectivity index (χ1v) is 13.3. The molecule has 1 N–H and O–H groups in total. The van der Waals surface area contributed by atoms with Crippen LogP contribution in [0.1, 0.15) is 37.4 Å². The summed E-state index contributed by atoms with van der Waals surface area (Å²) in [7, 11) is -3.86. The average Bonchev–Trinajstić information content (AvgIpc) is 3.20. The highest BCUT2D eigenvalue weighted by Crippen LogP contribution is 2.37. The molecule has 33 heavy (non-hydrogen) atoms. The molecule has 0 radical (unpaired) electrons. The number of carbonyl (C=O) groups is 2. The second kappa shape index (κ2) is 9.52. The Bertz CT molecular complexity index is 1200. The minimum atomic E-state index is -3.86. The molecule has 3 heterocycles. The van der Waals surface area contributed by atoms with Crippen molar-refractivity contribution in [3.8, 4) is 0 Å². The number of benzene rings is 1. The van der Waals surface area contributed by atoms with Crippen molar-refractivity contribution in [2.75, 3.05) is 29.9 Å². The molecule has 2 amide bonds. The summed E-state index contributed by atoms with van der Waals surface area (Å²) in [6.45, 7) is 4.63. The lowest BCUT2D eigenvalue weighted by Gasteiger charge is -2.31. The fourth-order valence-corrected chi connectivity index (χ4v) is 6.98. The molecule has 1 unspecified atom stereocenters. The van der Waals surface area contributed by atoms with E-state index in [0.29, 0.717) is 54.8 Å². The molecule has 1 aromatic heterocycles. The standard InChI is InChI=1S/C23H27BrN4O4S/c1-3-22(29)28-11-9-16-12-18(24)20(13-19(16)28)33(31,32)27-10-5-7-17(14-27)23(30)26-21-8-4-6-15(2)25-21/h4,6,8,12-13,17H,3,5,7,9-11,14H2,1-2H3,(H,25,26,30). The summed E-state index contributed by atoms with van der Waals surface area (Å²) in [5.74, 6) is -0.274. The number of nitrogens with zero attached hydrogens (tertiary/aromatic N) is 3. The summed E-state index contributed by atoms with van der Waals surface area (Å²) in [6.07, 6.45) is 2.24. The number of amides is 2. The maximum Gasteiger partial charge on any atom is 0.244 e. The van der Waals surface area contributed by atoms with Crippen LogP contribution in [0.15, 0.2) is 39.7 Å². The van der Waals surface area contributed by atoms with Gasteiger partial charge in [-0.25, -0.2) is 13.4 Å². The number of rotatable bonds is 5. The van der Waals surface area contributed by atoms with Crippen LogP contribution in [0.3, 0.4) is 0 Å². The van der Waals surface area contributed by atoms with Crippen LogP contribution >= 0.6 is 15.9 Å². The van der Waals surface area contributed by atoms with Crippen molar-refractivity contribution >= 4 is 49.3 Å². The lowest BCUT2D eigenvalue weighted by Crippen LogP contribution is -2.43. The van der Waals surface area contributed by atoms with Gasteiger partial charge in [-0.15, -0.1) is 0 Å². The molecule has 176 valence electrons. The lowest BCUT2D eigenvalue weighted by atomic mass is 9.99. The zero-order chi connectivity index (χ0) is 23.8. The van der Waals surface area contributed by atoms with Gasteiger partial charge >= 0.3 is 0 Å². The van der Waals surface area contributed by atoms with Gasteiger partial charge in [0.15, 0.2) is 0 Å². The van der Waals surface area contributed by atoms with Crippen molar-refractivity contribution in [1.82, 2.24) is 9.29 Å². The maximum atomic E-state index is 13.6. The van der Waals surface area contributed by atoms with Crippen LogP contribution in [0, 0.1) is 12.8 Å². The number of aryl methyl sites for hydroxylation is 1. The molecule has 8 nitrogen and oxygen atoms in total. The highest BCUT2D eigenvalue weighted by atomic mass is 79.9. The zero-order valence-electron chi connectivity index (χ0n) is 18.7. The first-order chi connectivity index (χ1) is 15.7. The molecule has 2 aromatic rings. The number of hydrogen-bond acceptors (Lipinski definition) is 5. The van der Waals surface area contributed by atoms with Crippen molar-refractivity contribution in [1.29, 1.82) is 0 Å². The maximum absolute atomic E-state index is 13.6. The van der Waals surface area contributed by atoms with Gasteiger partial charge in [-0.05, 0) is 71.9 Å². The number of sulfonamides is 1. The van der Waals surface area contributed by atoms with Gasteiger partial charge in [-0.1, -0.05) is 13.0 Å². The van der Waals surface area contributed by atoms with Crippen molar-refractivity contribution < 1.29 is 18.0 Å². The molecular formula is C23H27BrN4O4S. The molecule has 1 aromatic carbocycles. The second-order valence-corrected chi connectivity index (χ2v) is 11.2. The smallest absolute Gasteiger partial charge is 0.244 e. The summed E-state index contributed by atoms with van der Waals surface area (Å²) in [5.41, 5.74) is 2.39. The van der Waals surface area contributed by atoms with E-state index in [1.54, 1.807) is 30.0 Å². The van der Waals surface area contributed by atoms with Crippen LogP contribution in [0.25, 0.3) is 0 Å². The van der Waals surface area contributed by atoms with Gasteiger partial charge < -0.3 is 10.2 Å². The van der Waals surface area contributed by atoms with E-state index in [2.05, 4.69) is 26.2 Å². The van der Waals surface area contributed by atoms with Crippen molar-refractivity contribution in [2.24, 2.45) is 5.92 Å². The molecule has 1 atom stereocenters. The highest BCUT2D eigenvalue weighted by molar-refractivity contribution is 9.10. The zero-order valence-corrected chi connectivity index (χ0v) is 21.1. The van der Waals surface area contributed by atoms with E-state index in [1.165, 1.54) is 4.31 Å². The van der Waals surface area contributed by atoms with E-state index in [0.717, 1.165) is 11.3 Å². The second-order valence-electron chi connectivity index (χ2n) is 8.42. The molecule has 2 aliphatic rings. The Labute approximate surface area is 202 Å². The molecule has 0 saturated carbocycles. The molecule has 1 saturated heterocycles. The summed E-state index contributed by atoms with van der Waals surface area (Å²) in [5, 5.41) is 2.81. The Morgan fingerprint density at radius 1 is 1.24 bits per heavy atom.